The summed E-state index contributed by atoms with van der Waals surface area (Å²) < 4.78 is 2.07. The quantitative estimate of drug-likeness (QED) is 0.771. The molecule has 1 atom stereocenters. The molecule has 2 N–H and O–H groups in total. The predicted octanol–water partition coefficient (Wildman–Crippen LogP) is 5.21. The fourth-order valence-corrected chi connectivity index (χ4v) is 3.46. The van der Waals surface area contributed by atoms with E-state index in [-0.39, 0.29) is 6.04 Å². The lowest BCUT2D eigenvalue weighted by Gasteiger charge is -2.14. The second-order valence-electron chi connectivity index (χ2n) is 4.67. The number of aryl methyl sites for hydroxylation is 1. The first-order valence-electron chi connectivity index (χ1n) is 6.40. The van der Waals surface area contributed by atoms with Crippen LogP contribution >= 0.6 is 31.9 Å². The third kappa shape index (κ3) is 3.91. The molecule has 0 aliphatic rings. The van der Waals surface area contributed by atoms with Crippen molar-refractivity contribution in [1.82, 2.24) is 0 Å². The van der Waals surface area contributed by atoms with Crippen molar-refractivity contribution in [3.05, 3.63) is 68.1 Å². The summed E-state index contributed by atoms with van der Waals surface area (Å²) in [6.07, 6.45) is 2.29. The minimum Gasteiger partial charge on any atom is -0.320 e. The van der Waals surface area contributed by atoms with Crippen LogP contribution in [0.4, 0.5) is 0 Å². The molecule has 1 nitrogen and oxygen atoms in total. The van der Waals surface area contributed by atoms with Crippen molar-refractivity contribution in [3.8, 4) is 0 Å². The molecule has 2 aromatic carbocycles. The molecule has 0 aliphatic heterocycles. The average Bonchev–Trinajstić information content (AvgIpc) is 2.38. The Hall–Kier alpha value is -0.640. The summed E-state index contributed by atoms with van der Waals surface area (Å²) in [5.74, 6) is 0. The van der Waals surface area contributed by atoms with Gasteiger partial charge in [-0.15, -0.1) is 0 Å². The van der Waals surface area contributed by atoms with Crippen molar-refractivity contribution >= 4 is 31.9 Å². The van der Waals surface area contributed by atoms with Gasteiger partial charge in [0.25, 0.3) is 0 Å². The van der Waals surface area contributed by atoms with E-state index in [4.69, 9.17) is 5.73 Å². The van der Waals surface area contributed by atoms with E-state index in [1.54, 1.807) is 0 Å². The van der Waals surface area contributed by atoms with Gasteiger partial charge in [0, 0.05) is 8.95 Å². The Morgan fingerprint density at radius 3 is 2.05 bits per heavy atom. The highest BCUT2D eigenvalue weighted by molar-refractivity contribution is 9.11. The normalized spacial score (nSPS) is 12.4. The van der Waals surface area contributed by atoms with E-state index >= 15 is 0 Å². The molecule has 0 aliphatic carbocycles. The Balaban J connectivity index is 2.25. The molecule has 0 saturated carbocycles. The van der Waals surface area contributed by atoms with Crippen molar-refractivity contribution in [1.29, 1.82) is 0 Å². The van der Waals surface area contributed by atoms with Gasteiger partial charge in [-0.3, -0.25) is 0 Å². The Labute approximate surface area is 131 Å². The average molecular weight is 383 g/mol. The number of halogens is 2. The first-order valence-corrected chi connectivity index (χ1v) is 7.99. The zero-order valence-corrected chi connectivity index (χ0v) is 14.0. The second kappa shape index (κ2) is 6.69. The first-order chi connectivity index (χ1) is 9.10. The first kappa shape index (κ1) is 14.8. The van der Waals surface area contributed by atoms with Crippen LogP contribution < -0.4 is 5.73 Å². The highest BCUT2D eigenvalue weighted by atomic mass is 79.9. The van der Waals surface area contributed by atoms with E-state index in [0.29, 0.717) is 0 Å². The minimum absolute atomic E-state index is 0.0931. The number of hydrogen-bond acceptors (Lipinski definition) is 1. The summed E-state index contributed by atoms with van der Waals surface area (Å²) in [6, 6.07) is 14.7. The SMILES string of the molecule is CCCc1ccc(C(N)c2cc(Br)cc(Br)c2)cc1. The number of rotatable bonds is 4. The molecule has 2 rings (SSSR count). The van der Waals surface area contributed by atoms with Crippen molar-refractivity contribution in [2.45, 2.75) is 25.8 Å². The molecule has 0 saturated heterocycles. The van der Waals surface area contributed by atoms with Crippen LogP contribution in [-0.4, -0.2) is 0 Å². The maximum Gasteiger partial charge on any atom is 0.0552 e. The molecule has 0 amide bonds. The third-order valence-corrected chi connectivity index (χ3v) is 4.04. The fourth-order valence-electron chi connectivity index (χ4n) is 2.13. The van der Waals surface area contributed by atoms with Crippen LogP contribution in [-0.2, 0) is 6.42 Å². The Morgan fingerprint density at radius 1 is 0.947 bits per heavy atom. The van der Waals surface area contributed by atoms with Crippen molar-refractivity contribution in [2.24, 2.45) is 5.73 Å². The van der Waals surface area contributed by atoms with Crippen LogP contribution in [0.3, 0.4) is 0 Å². The lowest BCUT2D eigenvalue weighted by atomic mass is 9.98. The van der Waals surface area contributed by atoms with Gasteiger partial charge >= 0.3 is 0 Å². The molecule has 0 spiro atoms. The molecular formula is C16H17Br2N. The van der Waals surface area contributed by atoms with Gasteiger partial charge in [-0.25, -0.2) is 0 Å². The van der Waals surface area contributed by atoms with E-state index in [1.165, 1.54) is 12.0 Å². The van der Waals surface area contributed by atoms with Gasteiger partial charge in [-0.2, -0.15) is 0 Å². The van der Waals surface area contributed by atoms with Crippen LogP contribution in [0.5, 0.6) is 0 Å². The van der Waals surface area contributed by atoms with Crippen molar-refractivity contribution in [3.63, 3.8) is 0 Å². The van der Waals surface area contributed by atoms with Crippen molar-refractivity contribution < 1.29 is 0 Å². The summed E-state index contributed by atoms with van der Waals surface area (Å²) in [6.45, 7) is 2.19. The van der Waals surface area contributed by atoms with Crippen molar-refractivity contribution in [2.75, 3.05) is 0 Å². The van der Waals surface area contributed by atoms with Crippen LogP contribution in [0.25, 0.3) is 0 Å². The smallest absolute Gasteiger partial charge is 0.0552 e. The van der Waals surface area contributed by atoms with Gasteiger partial charge in [0.1, 0.15) is 0 Å². The topological polar surface area (TPSA) is 26.0 Å². The lowest BCUT2D eigenvalue weighted by molar-refractivity contribution is 0.863. The second-order valence-corrected chi connectivity index (χ2v) is 6.50. The summed E-state index contributed by atoms with van der Waals surface area (Å²) >= 11 is 7.00. The Bertz CT molecular complexity index is 529. The summed E-state index contributed by atoms with van der Waals surface area (Å²) in [5, 5.41) is 0. The van der Waals surface area contributed by atoms with E-state index in [9.17, 15) is 0 Å². The van der Waals surface area contributed by atoms with Gasteiger partial charge in [0.2, 0.25) is 0 Å². The van der Waals surface area contributed by atoms with Crippen LogP contribution in [0.1, 0.15) is 36.1 Å². The molecule has 19 heavy (non-hydrogen) atoms. The highest BCUT2D eigenvalue weighted by Gasteiger charge is 2.10. The Morgan fingerprint density at radius 2 is 1.53 bits per heavy atom. The molecule has 1 unspecified atom stereocenters. The van der Waals surface area contributed by atoms with E-state index < -0.39 is 0 Å². The summed E-state index contributed by atoms with van der Waals surface area (Å²) in [4.78, 5) is 0. The number of hydrogen-bond donors (Lipinski definition) is 1. The Kier molecular flexibility index (Phi) is 5.20. The van der Waals surface area contributed by atoms with Crippen LogP contribution in [0.2, 0.25) is 0 Å². The highest BCUT2D eigenvalue weighted by Crippen LogP contribution is 2.27. The zero-order valence-electron chi connectivity index (χ0n) is 10.9. The largest absolute Gasteiger partial charge is 0.320 e. The molecule has 0 fully saturated rings. The fraction of sp³-hybridized carbons (Fsp3) is 0.250. The number of nitrogens with two attached hydrogens (primary N) is 1. The maximum atomic E-state index is 6.34. The molecular weight excluding hydrogens is 366 g/mol. The van der Waals surface area contributed by atoms with Crippen LogP contribution in [0.15, 0.2) is 51.4 Å². The van der Waals surface area contributed by atoms with Gasteiger partial charge in [-0.1, -0.05) is 69.5 Å². The molecule has 0 bridgehead atoms. The van der Waals surface area contributed by atoms with E-state index in [1.807, 2.05) is 6.07 Å². The van der Waals surface area contributed by atoms with Crippen LogP contribution in [0, 0.1) is 0 Å². The van der Waals surface area contributed by atoms with Gasteiger partial charge in [-0.05, 0) is 41.3 Å². The molecule has 2 aromatic rings. The molecule has 0 radical (unpaired) electrons. The zero-order chi connectivity index (χ0) is 13.8. The number of benzene rings is 2. The third-order valence-electron chi connectivity index (χ3n) is 3.12. The van der Waals surface area contributed by atoms with E-state index in [2.05, 4.69) is 75.2 Å². The molecule has 3 heteroatoms. The van der Waals surface area contributed by atoms with E-state index in [0.717, 1.165) is 26.5 Å². The summed E-state index contributed by atoms with van der Waals surface area (Å²) in [7, 11) is 0. The predicted molar refractivity (Wildman–Crippen MR) is 88.3 cm³/mol. The monoisotopic (exact) mass is 381 g/mol. The lowest BCUT2D eigenvalue weighted by Crippen LogP contribution is -2.11. The van der Waals surface area contributed by atoms with Gasteiger partial charge in [0.15, 0.2) is 0 Å². The summed E-state index contributed by atoms with van der Waals surface area (Å²) in [5.41, 5.74) is 9.95. The molecule has 0 aromatic heterocycles. The maximum absolute atomic E-state index is 6.34. The standard InChI is InChI=1S/C16H17Br2N/c1-2-3-11-4-6-12(7-5-11)16(19)13-8-14(17)10-15(18)9-13/h4-10,16H,2-3,19H2,1H3. The minimum atomic E-state index is -0.0931. The molecule has 100 valence electrons. The molecule has 0 heterocycles. The van der Waals surface area contributed by atoms with Gasteiger partial charge < -0.3 is 5.73 Å². The van der Waals surface area contributed by atoms with Gasteiger partial charge in [0.05, 0.1) is 6.04 Å².